The Bertz CT molecular complexity index is 404. The van der Waals surface area contributed by atoms with Gasteiger partial charge in [0, 0.05) is 17.8 Å². The topological polar surface area (TPSA) is 0 Å². The summed E-state index contributed by atoms with van der Waals surface area (Å²) in [4.78, 5) is 0. The standard InChI is InChI=1S/C19H34N/c1-7-9-20(6,18-11-16(18)8-2)12-19(14(4)15(19)5)17-10-13(17)3/h7,9,13-18H,8,10-12H2,1-6H3/q+1. The van der Waals surface area contributed by atoms with Gasteiger partial charge in [0.2, 0.25) is 0 Å². The maximum atomic E-state index is 2.51. The van der Waals surface area contributed by atoms with Crippen LogP contribution in [-0.4, -0.2) is 24.1 Å². The first-order valence-corrected chi connectivity index (χ1v) is 8.89. The van der Waals surface area contributed by atoms with E-state index in [1.807, 2.05) is 0 Å². The van der Waals surface area contributed by atoms with Crippen molar-refractivity contribution in [2.75, 3.05) is 13.6 Å². The molecule has 0 spiro atoms. The zero-order chi connectivity index (χ0) is 14.7. The van der Waals surface area contributed by atoms with E-state index in [9.17, 15) is 0 Å². The SMILES string of the molecule is CC=C[N+](C)(CC1(C2CC2C)C(C)C1C)C1CC1CC. The van der Waals surface area contributed by atoms with Gasteiger partial charge in [0.1, 0.15) is 0 Å². The number of hydrogen-bond donors (Lipinski definition) is 0. The summed E-state index contributed by atoms with van der Waals surface area (Å²) in [6, 6.07) is 0.905. The van der Waals surface area contributed by atoms with Crippen LogP contribution >= 0.6 is 0 Å². The van der Waals surface area contributed by atoms with Crippen LogP contribution in [-0.2, 0) is 0 Å². The van der Waals surface area contributed by atoms with E-state index < -0.39 is 0 Å². The highest BCUT2D eigenvalue weighted by atomic mass is 15.4. The van der Waals surface area contributed by atoms with E-state index in [1.54, 1.807) is 0 Å². The van der Waals surface area contributed by atoms with Crippen molar-refractivity contribution >= 4 is 0 Å². The van der Waals surface area contributed by atoms with Crippen LogP contribution in [0.5, 0.6) is 0 Å². The average molecular weight is 276 g/mol. The van der Waals surface area contributed by atoms with Crippen LogP contribution in [0.2, 0.25) is 0 Å². The van der Waals surface area contributed by atoms with Crippen LogP contribution in [0.3, 0.4) is 0 Å². The molecule has 0 aliphatic heterocycles. The maximum Gasteiger partial charge on any atom is 0.0965 e. The van der Waals surface area contributed by atoms with Gasteiger partial charge in [-0.15, -0.1) is 0 Å². The summed E-state index contributed by atoms with van der Waals surface area (Å²) >= 11 is 0. The molecule has 0 aromatic rings. The third-order valence-electron chi connectivity index (χ3n) is 7.41. The van der Waals surface area contributed by atoms with Crippen molar-refractivity contribution in [2.45, 2.75) is 59.9 Å². The minimum atomic E-state index is 0.661. The molecule has 3 aliphatic carbocycles. The third kappa shape index (κ3) is 2.00. The van der Waals surface area contributed by atoms with Gasteiger partial charge in [-0.2, -0.15) is 0 Å². The Hall–Kier alpha value is -0.300. The van der Waals surface area contributed by atoms with E-state index in [-0.39, 0.29) is 0 Å². The highest BCUT2D eigenvalue weighted by Gasteiger charge is 2.71. The number of hydrogen-bond acceptors (Lipinski definition) is 0. The molecule has 0 radical (unpaired) electrons. The van der Waals surface area contributed by atoms with Crippen molar-refractivity contribution in [2.24, 2.45) is 35.0 Å². The molecule has 3 rings (SSSR count). The minimum absolute atomic E-state index is 0.661. The van der Waals surface area contributed by atoms with E-state index in [4.69, 9.17) is 0 Å². The molecule has 114 valence electrons. The molecule has 3 fully saturated rings. The molecule has 3 aliphatic rings. The molecule has 0 amide bonds. The lowest BCUT2D eigenvalue weighted by Crippen LogP contribution is -2.47. The predicted octanol–water partition coefficient (Wildman–Crippen LogP) is 4.69. The average Bonchev–Trinajstić information content (AvgIpc) is 3.31. The maximum absolute atomic E-state index is 2.51. The molecule has 0 aromatic heterocycles. The van der Waals surface area contributed by atoms with E-state index in [2.05, 4.69) is 53.9 Å². The molecule has 0 aromatic carbocycles. The van der Waals surface area contributed by atoms with Crippen molar-refractivity contribution in [3.63, 3.8) is 0 Å². The molecule has 0 bridgehead atoms. The van der Waals surface area contributed by atoms with Crippen molar-refractivity contribution < 1.29 is 4.48 Å². The number of allylic oxidation sites excluding steroid dienone is 1. The molecular weight excluding hydrogens is 242 g/mol. The fourth-order valence-corrected chi connectivity index (χ4v) is 5.65. The van der Waals surface area contributed by atoms with Gasteiger partial charge in [0.15, 0.2) is 0 Å². The van der Waals surface area contributed by atoms with Crippen LogP contribution in [0, 0.1) is 35.0 Å². The normalized spacial score (nSPS) is 52.9. The van der Waals surface area contributed by atoms with Gasteiger partial charge < -0.3 is 0 Å². The van der Waals surface area contributed by atoms with E-state index in [0.717, 1.165) is 35.6 Å². The van der Waals surface area contributed by atoms with E-state index in [1.165, 1.54) is 30.3 Å². The van der Waals surface area contributed by atoms with Gasteiger partial charge >= 0.3 is 0 Å². The Balaban J connectivity index is 1.80. The lowest BCUT2D eigenvalue weighted by atomic mass is 9.92. The minimum Gasteiger partial charge on any atom is -0.297 e. The lowest BCUT2D eigenvalue weighted by molar-refractivity contribution is -0.878. The van der Waals surface area contributed by atoms with Crippen molar-refractivity contribution in [1.29, 1.82) is 0 Å². The van der Waals surface area contributed by atoms with Crippen molar-refractivity contribution in [3.8, 4) is 0 Å². The Kier molecular flexibility index (Phi) is 3.36. The zero-order valence-electron chi connectivity index (χ0n) is 14.4. The largest absolute Gasteiger partial charge is 0.297 e. The first-order chi connectivity index (χ1) is 9.40. The second-order valence-corrected chi connectivity index (χ2v) is 8.47. The first-order valence-electron chi connectivity index (χ1n) is 8.89. The van der Waals surface area contributed by atoms with Crippen molar-refractivity contribution in [3.05, 3.63) is 12.3 Å². The van der Waals surface area contributed by atoms with Gasteiger partial charge in [0.05, 0.1) is 25.8 Å². The van der Waals surface area contributed by atoms with Gasteiger partial charge in [0.25, 0.3) is 0 Å². The van der Waals surface area contributed by atoms with Crippen LogP contribution in [0.4, 0.5) is 0 Å². The predicted molar refractivity (Wildman–Crippen MR) is 86.1 cm³/mol. The summed E-state index contributed by atoms with van der Waals surface area (Å²) in [5.41, 5.74) is 0.661. The zero-order valence-corrected chi connectivity index (χ0v) is 14.4. The Labute approximate surface area is 126 Å². The molecule has 7 atom stereocenters. The van der Waals surface area contributed by atoms with Gasteiger partial charge in [-0.05, 0) is 49.5 Å². The van der Waals surface area contributed by atoms with Crippen LogP contribution < -0.4 is 0 Å². The smallest absolute Gasteiger partial charge is 0.0965 e. The summed E-state index contributed by atoms with van der Waals surface area (Å²) in [6.07, 6.45) is 9.12. The highest BCUT2D eigenvalue weighted by molar-refractivity contribution is 5.16. The summed E-state index contributed by atoms with van der Waals surface area (Å²) in [5.74, 6) is 4.88. The molecule has 3 saturated carbocycles. The Morgan fingerprint density at radius 2 is 1.75 bits per heavy atom. The Morgan fingerprint density at radius 1 is 1.15 bits per heavy atom. The Morgan fingerprint density at radius 3 is 2.10 bits per heavy atom. The molecule has 0 heterocycles. The quantitative estimate of drug-likeness (QED) is 0.617. The van der Waals surface area contributed by atoms with Gasteiger partial charge in [-0.3, -0.25) is 4.48 Å². The second-order valence-electron chi connectivity index (χ2n) is 8.47. The van der Waals surface area contributed by atoms with Crippen LogP contribution in [0.15, 0.2) is 12.3 Å². The van der Waals surface area contributed by atoms with E-state index in [0.29, 0.717) is 5.41 Å². The summed E-state index contributed by atoms with van der Waals surface area (Å²) < 4.78 is 1.22. The number of rotatable bonds is 6. The molecule has 1 nitrogen and oxygen atoms in total. The summed E-state index contributed by atoms with van der Waals surface area (Å²) in [7, 11) is 2.51. The first kappa shape index (κ1) is 14.6. The molecule has 0 saturated heterocycles. The molecular formula is C19H34N+. The van der Waals surface area contributed by atoms with E-state index >= 15 is 0 Å². The summed E-state index contributed by atoms with van der Waals surface area (Å²) in [6.45, 7) is 13.5. The fraction of sp³-hybridized carbons (Fsp3) is 0.895. The monoisotopic (exact) mass is 276 g/mol. The molecule has 1 heteroatoms. The number of nitrogens with zero attached hydrogens (tertiary/aromatic N) is 1. The van der Waals surface area contributed by atoms with Crippen molar-refractivity contribution in [1.82, 2.24) is 0 Å². The van der Waals surface area contributed by atoms with Gasteiger partial charge in [-0.1, -0.05) is 27.7 Å². The summed E-state index contributed by atoms with van der Waals surface area (Å²) in [5, 5.41) is 0. The second kappa shape index (κ2) is 4.60. The number of quaternary nitrogens is 1. The fourth-order valence-electron chi connectivity index (χ4n) is 5.65. The van der Waals surface area contributed by atoms with Crippen LogP contribution in [0.1, 0.15) is 53.9 Å². The van der Waals surface area contributed by atoms with Crippen LogP contribution in [0.25, 0.3) is 0 Å². The lowest BCUT2D eigenvalue weighted by Gasteiger charge is -2.36. The van der Waals surface area contributed by atoms with Gasteiger partial charge in [-0.25, -0.2) is 0 Å². The molecule has 7 unspecified atom stereocenters. The molecule has 20 heavy (non-hydrogen) atoms. The highest BCUT2D eigenvalue weighted by Crippen LogP contribution is 2.72. The molecule has 0 N–H and O–H groups in total. The third-order valence-corrected chi connectivity index (χ3v) is 7.41.